The van der Waals surface area contributed by atoms with Crippen LogP contribution < -0.4 is 5.32 Å². The van der Waals surface area contributed by atoms with Gasteiger partial charge in [-0.05, 0) is 26.0 Å². The number of carbonyl (C=O) groups is 2. The Labute approximate surface area is 117 Å². The Hall–Kier alpha value is -2.21. The number of hydrogen-bond donors (Lipinski definition) is 2. The van der Waals surface area contributed by atoms with Crippen LogP contribution in [0.3, 0.4) is 0 Å². The molecule has 0 aliphatic heterocycles. The highest BCUT2D eigenvalue weighted by Crippen LogP contribution is 2.09. The van der Waals surface area contributed by atoms with Crippen LogP contribution in [0.4, 0.5) is 0 Å². The zero-order valence-corrected chi connectivity index (χ0v) is 11.5. The number of nitrogens with zero attached hydrogens (tertiary/aromatic N) is 1. The lowest BCUT2D eigenvalue weighted by molar-refractivity contribution is -0.131. The van der Waals surface area contributed by atoms with Crippen LogP contribution in [0.2, 0.25) is 0 Å². The minimum absolute atomic E-state index is 0.0798. The normalized spacial score (nSPS) is 12.3. The average Bonchev–Trinajstić information content (AvgIpc) is 2.43. The van der Waals surface area contributed by atoms with Gasteiger partial charge in [0.15, 0.2) is 0 Å². The Morgan fingerprint density at radius 1 is 1.55 bits per heavy atom. The van der Waals surface area contributed by atoms with Gasteiger partial charge in [-0.2, -0.15) is 0 Å². The van der Waals surface area contributed by atoms with Crippen molar-refractivity contribution in [2.45, 2.75) is 20.0 Å². The predicted molar refractivity (Wildman–Crippen MR) is 74.3 cm³/mol. The lowest BCUT2D eigenvalue weighted by atomic mass is 10.1. The van der Waals surface area contributed by atoms with Crippen molar-refractivity contribution in [2.24, 2.45) is 0 Å². The van der Waals surface area contributed by atoms with Crippen molar-refractivity contribution in [3.05, 3.63) is 35.7 Å². The third kappa shape index (κ3) is 5.19. The molecule has 0 spiro atoms. The van der Waals surface area contributed by atoms with E-state index in [2.05, 4.69) is 10.3 Å². The molecule has 1 aromatic rings. The van der Waals surface area contributed by atoms with Gasteiger partial charge >= 0.3 is 5.97 Å². The molecule has 0 aromatic carbocycles. The summed E-state index contributed by atoms with van der Waals surface area (Å²) in [6, 6.07) is 1.54. The Bertz CT molecular complexity index is 500. The van der Waals surface area contributed by atoms with Gasteiger partial charge in [-0.15, -0.1) is 0 Å². The van der Waals surface area contributed by atoms with Crippen molar-refractivity contribution >= 4 is 18.0 Å². The van der Waals surface area contributed by atoms with Crippen LogP contribution in [0, 0.1) is 0 Å². The van der Waals surface area contributed by atoms with E-state index in [0.29, 0.717) is 24.3 Å². The maximum Gasteiger partial charge on any atom is 0.328 e. The fourth-order valence-corrected chi connectivity index (χ4v) is 1.58. The zero-order chi connectivity index (χ0) is 15.0. The van der Waals surface area contributed by atoms with E-state index in [4.69, 9.17) is 9.84 Å². The third-order valence-electron chi connectivity index (χ3n) is 2.50. The van der Waals surface area contributed by atoms with E-state index in [9.17, 15) is 9.59 Å². The molecule has 1 atom stereocenters. The minimum Gasteiger partial charge on any atom is -0.478 e. The number of pyridine rings is 1. The maximum absolute atomic E-state index is 12.0. The molecule has 20 heavy (non-hydrogen) atoms. The van der Waals surface area contributed by atoms with Gasteiger partial charge in [0, 0.05) is 42.7 Å². The first-order valence-electron chi connectivity index (χ1n) is 6.29. The molecule has 0 radical (unpaired) electrons. The lowest BCUT2D eigenvalue weighted by Crippen LogP contribution is -2.32. The summed E-state index contributed by atoms with van der Waals surface area (Å²) in [5.41, 5.74) is 0.831. The largest absolute Gasteiger partial charge is 0.478 e. The highest BCUT2D eigenvalue weighted by Gasteiger charge is 2.11. The number of aromatic nitrogens is 1. The van der Waals surface area contributed by atoms with E-state index in [1.807, 2.05) is 13.8 Å². The standard InChI is InChI=1S/C14H18N2O4/c1-3-20-10(2)8-16-14(19)12-6-7-15-9-11(12)4-5-13(17)18/h4-7,9-10H,3,8H2,1-2H3,(H,16,19)(H,17,18)/b5-4+. The van der Waals surface area contributed by atoms with Gasteiger partial charge in [-0.3, -0.25) is 9.78 Å². The van der Waals surface area contributed by atoms with Crippen LogP contribution in [0.15, 0.2) is 24.5 Å². The van der Waals surface area contributed by atoms with Gasteiger partial charge < -0.3 is 15.2 Å². The molecule has 0 aliphatic carbocycles. The highest BCUT2D eigenvalue weighted by molar-refractivity contribution is 5.98. The van der Waals surface area contributed by atoms with Crippen molar-refractivity contribution in [2.75, 3.05) is 13.2 Å². The van der Waals surface area contributed by atoms with Gasteiger partial charge in [0.05, 0.1) is 6.10 Å². The first-order chi connectivity index (χ1) is 9.54. The quantitative estimate of drug-likeness (QED) is 0.735. The first kappa shape index (κ1) is 15.8. The summed E-state index contributed by atoms with van der Waals surface area (Å²) in [5.74, 6) is -1.37. The molecule has 1 heterocycles. The molecule has 0 aliphatic rings. The number of hydrogen-bond acceptors (Lipinski definition) is 4. The van der Waals surface area contributed by atoms with Gasteiger partial charge in [0.25, 0.3) is 5.91 Å². The number of carboxylic acids is 1. The minimum atomic E-state index is -1.08. The topological polar surface area (TPSA) is 88.5 Å². The van der Waals surface area contributed by atoms with Crippen molar-refractivity contribution < 1.29 is 19.4 Å². The number of nitrogens with one attached hydrogen (secondary N) is 1. The average molecular weight is 278 g/mol. The molecule has 1 unspecified atom stereocenters. The molecule has 0 saturated heterocycles. The van der Waals surface area contributed by atoms with Gasteiger partial charge in [-0.1, -0.05) is 0 Å². The van der Waals surface area contributed by atoms with Crippen LogP contribution in [0.25, 0.3) is 6.08 Å². The van der Waals surface area contributed by atoms with Gasteiger partial charge in [0.1, 0.15) is 0 Å². The van der Waals surface area contributed by atoms with Crippen molar-refractivity contribution in [3.63, 3.8) is 0 Å². The Balaban J connectivity index is 2.75. The fourth-order valence-electron chi connectivity index (χ4n) is 1.58. The molecule has 1 amide bonds. The van der Waals surface area contributed by atoms with E-state index < -0.39 is 5.97 Å². The van der Waals surface area contributed by atoms with Crippen LogP contribution >= 0.6 is 0 Å². The smallest absolute Gasteiger partial charge is 0.328 e. The number of carbonyl (C=O) groups excluding carboxylic acids is 1. The summed E-state index contributed by atoms with van der Waals surface area (Å²) < 4.78 is 5.32. The summed E-state index contributed by atoms with van der Waals surface area (Å²) in [6.07, 6.45) is 5.16. The third-order valence-corrected chi connectivity index (χ3v) is 2.50. The highest BCUT2D eigenvalue weighted by atomic mass is 16.5. The number of carboxylic acid groups (broad SMARTS) is 1. The molecule has 0 fully saturated rings. The number of ether oxygens (including phenoxy) is 1. The van der Waals surface area contributed by atoms with Gasteiger partial charge in [-0.25, -0.2) is 4.79 Å². The van der Waals surface area contributed by atoms with E-state index in [0.717, 1.165) is 6.08 Å². The number of rotatable bonds is 7. The lowest BCUT2D eigenvalue weighted by Gasteiger charge is -2.13. The maximum atomic E-state index is 12.0. The first-order valence-corrected chi connectivity index (χ1v) is 6.29. The molecular weight excluding hydrogens is 260 g/mol. The van der Waals surface area contributed by atoms with Crippen LogP contribution in [-0.2, 0) is 9.53 Å². The summed E-state index contributed by atoms with van der Waals surface area (Å²) in [4.78, 5) is 26.4. The Kier molecular flexibility index (Phi) is 6.39. The fraction of sp³-hybridized carbons (Fsp3) is 0.357. The Morgan fingerprint density at radius 2 is 2.30 bits per heavy atom. The van der Waals surface area contributed by atoms with E-state index in [-0.39, 0.29) is 12.0 Å². The molecule has 6 heteroatoms. The van der Waals surface area contributed by atoms with E-state index in [1.165, 1.54) is 18.5 Å². The number of amides is 1. The summed E-state index contributed by atoms with van der Waals surface area (Å²) in [7, 11) is 0. The second kappa shape index (κ2) is 8.06. The second-order valence-corrected chi connectivity index (χ2v) is 4.11. The second-order valence-electron chi connectivity index (χ2n) is 4.11. The Morgan fingerprint density at radius 3 is 2.95 bits per heavy atom. The van der Waals surface area contributed by atoms with E-state index >= 15 is 0 Å². The molecule has 0 saturated carbocycles. The number of aliphatic carboxylic acids is 1. The summed E-state index contributed by atoms with van der Waals surface area (Å²) >= 11 is 0. The van der Waals surface area contributed by atoms with Crippen LogP contribution in [-0.4, -0.2) is 41.2 Å². The molecular formula is C14H18N2O4. The monoisotopic (exact) mass is 278 g/mol. The molecule has 1 rings (SSSR count). The summed E-state index contributed by atoms with van der Waals surface area (Å²) in [5, 5.41) is 11.4. The van der Waals surface area contributed by atoms with Crippen LogP contribution in [0.5, 0.6) is 0 Å². The molecule has 0 bridgehead atoms. The van der Waals surface area contributed by atoms with Gasteiger partial charge in [0.2, 0.25) is 0 Å². The molecule has 1 aromatic heterocycles. The predicted octanol–water partition coefficient (Wildman–Crippen LogP) is 1.33. The van der Waals surface area contributed by atoms with Crippen molar-refractivity contribution in [3.8, 4) is 0 Å². The van der Waals surface area contributed by atoms with E-state index in [1.54, 1.807) is 6.07 Å². The SMILES string of the molecule is CCOC(C)CNC(=O)c1ccncc1/C=C/C(=O)O. The molecule has 6 nitrogen and oxygen atoms in total. The van der Waals surface area contributed by atoms with Crippen molar-refractivity contribution in [1.29, 1.82) is 0 Å². The molecule has 108 valence electrons. The van der Waals surface area contributed by atoms with Crippen LogP contribution in [0.1, 0.15) is 29.8 Å². The summed E-state index contributed by atoms with van der Waals surface area (Å²) in [6.45, 7) is 4.72. The molecule has 2 N–H and O–H groups in total. The zero-order valence-electron chi connectivity index (χ0n) is 11.5. The van der Waals surface area contributed by atoms with Crippen molar-refractivity contribution in [1.82, 2.24) is 10.3 Å².